The highest BCUT2D eigenvalue weighted by Gasteiger charge is 2.32. The van der Waals surface area contributed by atoms with Crippen LogP contribution >= 0.6 is 11.3 Å². The highest BCUT2D eigenvalue weighted by molar-refractivity contribution is 7.11. The molecule has 0 bridgehead atoms. The SMILES string of the molecule is Cc1nc(C)c(C(C)Nc2ccccc2OC(F)(F)F)s1. The lowest BCUT2D eigenvalue weighted by atomic mass is 10.2. The molecule has 21 heavy (non-hydrogen) atoms. The van der Waals surface area contributed by atoms with E-state index in [1.807, 2.05) is 20.8 Å². The zero-order valence-electron chi connectivity index (χ0n) is 11.8. The summed E-state index contributed by atoms with van der Waals surface area (Å²) in [5.74, 6) is -0.240. The number of para-hydroxylation sites is 2. The van der Waals surface area contributed by atoms with Crippen LogP contribution in [0.5, 0.6) is 5.75 Å². The fourth-order valence-electron chi connectivity index (χ4n) is 2.05. The number of anilines is 1. The number of nitrogens with one attached hydrogen (secondary N) is 1. The number of rotatable bonds is 4. The molecule has 7 heteroatoms. The maximum Gasteiger partial charge on any atom is 0.573 e. The number of nitrogens with zero attached hydrogens (tertiary/aromatic N) is 1. The maximum absolute atomic E-state index is 12.4. The zero-order valence-corrected chi connectivity index (χ0v) is 12.6. The highest BCUT2D eigenvalue weighted by atomic mass is 32.1. The van der Waals surface area contributed by atoms with Crippen molar-refractivity contribution in [1.82, 2.24) is 4.98 Å². The van der Waals surface area contributed by atoms with Crippen LogP contribution in [0, 0.1) is 13.8 Å². The molecule has 0 fully saturated rings. The lowest BCUT2D eigenvalue weighted by Crippen LogP contribution is -2.18. The smallest absolute Gasteiger partial charge is 0.404 e. The van der Waals surface area contributed by atoms with Crippen molar-refractivity contribution in [3.05, 3.63) is 39.8 Å². The summed E-state index contributed by atoms with van der Waals surface area (Å²) in [5, 5.41) is 3.98. The summed E-state index contributed by atoms with van der Waals surface area (Å²) in [6.07, 6.45) is -4.71. The second-order valence-corrected chi connectivity index (χ2v) is 5.83. The molecule has 0 aliphatic carbocycles. The normalized spacial score (nSPS) is 13.0. The number of aromatic nitrogens is 1. The molecule has 0 spiro atoms. The van der Waals surface area contributed by atoms with Gasteiger partial charge in [-0.1, -0.05) is 12.1 Å². The fraction of sp³-hybridized carbons (Fsp3) is 0.357. The van der Waals surface area contributed by atoms with Gasteiger partial charge in [-0.05, 0) is 32.9 Å². The number of thiazole rings is 1. The Labute approximate surface area is 124 Å². The van der Waals surface area contributed by atoms with Gasteiger partial charge in [0.2, 0.25) is 0 Å². The molecule has 2 rings (SSSR count). The molecule has 1 atom stereocenters. The monoisotopic (exact) mass is 316 g/mol. The van der Waals surface area contributed by atoms with Gasteiger partial charge in [0.1, 0.15) is 0 Å². The Morgan fingerprint density at radius 2 is 1.90 bits per heavy atom. The number of aryl methyl sites for hydroxylation is 2. The summed E-state index contributed by atoms with van der Waals surface area (Å²) in [5.41, 5.74) is 1.18. The molecule has 3 nitrogen and oxygen atoms in total. The third-order valence-electron chi connectivity index (χ3n) is 2.82. The van der Waals surface area contributed by atoms with Crippen LogP contribution in [0.3, 0.4) is 0 Å². The van der Waals surface area contributed by atoms with Crippen molar-refractivity contribution in [3.63, 3.8) is 0 Å². The first kappa shape index (κ1) is 15.6. The van der Waals surface area contributed by atoms with E-state index in [0.717, 1.165) is 15.6 Å². The van der Waals surface area contributed by atoms with Crippen LogP contribution < -0.4 is 10.1 Å². The van der Waals surface area contributed by atoms with E-state index >= 15 is 0 Å². The van der Waals surface area contributed by atoms with E-state index in [0.29, 0.717) is 5.69 Å². The van der Waals surface area contributed by atoms with Gasteiger partial charge >= 0.3 is 6.36 Å². The third kappa shape index (κ3) is 4.10. The van der Waals surface area contributed by atoms with Crippen LogP contribution in [0.2, 0.25) is 0 Å². The number of benzene rings is 1. The van der Waals surface area contributed by atoms with Crippen molar-refractivity contribution in [1.29, 1.82) is 0 Å². The number of halogens is 3. The van der Waals surface area contributed by atoms with Crippen LogP contribution in [0.15, 0.2) is 24.3 Å². The van der Waals surface area contributed by atoms with Crippen LogP contribution in [0.25, 0.3) is 0 Å². The summed E-state index contributed by atoms with van der Waals surface area (Å²) in [6, 6.07) is 5.84. The first-order chi connectivity index (χ1) is 9.76. The second-order valence-electron chi connectivity index (χ2n) is 4.59. The van der Waals surface area contributed by atoms with Crippen molar-refractivity contribution < 1.29 is 17.9 Å². The molecule has 0 aliphatic heterocycles. The Bertz CT molecular complexity index is 625. The van der Waals surface area contributed by atoms with E-state index in [1.54, 1.807) is 12.1 Å². The largest absolute Gasteiger partial charge is 0.573 e. The minimum absolute atomic E-state index is 0.158. The average molecular weight is 316 g/mol. The van der Waals surface area contributed by atoms with E-state index in [2.05, 4.69) is 15.0 Å². The van der Waals surface area contributed by atoms with Gasteiger partial charge in [0.05, 0.1) is 22.4 Å². The minimum atomic E-state index is -4.71. The molecule has 1 aromatic carbocycles. The van der Waals surface area contributed by atoms with Crippen LogP contribution in [-0.2, 0) is 0 Å². The van der Waals surface area contributed by atoms with E-state index in [4.69, 9.17) is 0 Å². The van der Waals surface area contributed by atoms with Gasteiger partial charge in [-0.3, -0.25) is 0 Å². The van der Waals surface area contributed by atoms with Crippen molar-refractivity contribution in [2.24, 2.45) is 0 Å². The van der Waals surface area contributed by atoms with Crippen LogP contribution in [0.1, 0.15) is 28.5 Å². The minimum Gasteiger partial charge on any atom is -0.404 e. The number of hydrogen-bond acceptors (Lipinski definition) is 4. The van der Waals surface area contributed by atoms with Gasteiger partial charge in [-0.25, -0.2) is 4.98 Å². The topological polar surface area (TPSA) is 34.2 Å². The lowest BCUT2D eigenvalue weighted by molar-refractivity contribution is -0.274. The summed E-state index contributed by atoms with van der Waals surface area (Å²) in [4.78, 5) is 5.32. The van der Waals surface area contributed by atoms with Gasteiger partial charge in [0.15, 0.2) is 5.75 Å². The standard InChI is InChI=1S/C14H15F3N2OS/c1-8-13(21-10(3)18-8)9(2)19-11-6-4-5-7-12(11)20-14(15,16)17/h4-7,9,19H,1-3H3. The molecule has 114 valence electrons. The molecule has 2 aromatic rings. The Morgan fingerprint density at radius 1 is 1.24 bits per heavy atom. The summed E-state index contributed by atoms with van der Waals surface area (Å²) >= 11 is 1.52. The molecule has 0 saturated heterocycles. The predicted molar refractivity (Wildman–Crippen MR) is 76.8 cm³/mol. The number of alkyl halides is 3. The molecule has 0 aliphatic rings. The Morgan fingerprint density at radius 3 is 2.48 bits per heavy atom. The first-order valence-electron chi connectivity index (χ1n) is 6.31. The number of ether oxygens (including phenoxy) is 1. The highest BCUT2D eigenvalue weighted by Crippen LogP contribution is 2.34. The van der Waals surface area contributed by atoms with Gasteiger partial charge in [0, 0.05) is 4.88 Å². The third-order valence-corrected chi connectivity index (χ3v) is 4.07. The summed E-state index contributed by atoms with van der Waals surface area (Å²) in [7, 11) is 0. The molecule has 0 amide bonds. The second kappa shape index (κ2) is 5.93. The Balaban J connectivity index is 2.21. The molecule has 1 heterocycles. The van der Waals surface area contributed by atoms with Crippen molar-refractivity contribution in [2.75, 3.05) is 5.32 Å². The van der Waals surface area contributed by atoms with Gasteiger partial charge in [-0.2, -0.15) is 0 Å². The summed E-state index contributed by atoms with van der Waals surface area (Å²) in [6.45, 7) is 5.66. The van der Waals surface area contributed by atoms with E-state index < -0.39 is 6.36 Å². The molecular weight excluding hydrogens is 301 g/mol. The van der Waals surface area contributed by atoms with E-state index in [-0.39, 0.29) is 11.8 Å². The fourth-order valence-corrected chi connectivity index (χ4v) is 2.98. The van der Waals surface area contributed by atoms with E-state index in [9.17, 15) is 13.2 Å². The molecule has 0 saturated carbocycles. The van der Waals surface area contributed by atoms with Gasteiger partial charge in [0.25, 0.3) is 0 Å². The molecule has 1 aromatic heterocycles. The van der Waals surface area contributed by atoms with Gasteiger partial charge < -0.3 is 10.1 Å². The first-order valence-corrected chi connectivity index (χ1v) is 7.13. The number of hydrogen-bond donors (Lipinski definition) is 1. The molecular formula is C14H15F3N2OS. The zero-order chi connectivity index (χ0) is 15.6. The Hall–Kier alpha value is -1.76. The predicted octanol–water partition coefficient (Wildman–Crippen LogP) is 4.83. The van der Waals surface area contributed by atoms with E-state index in [1.165, 1.54) is 23.5 Å². The molecule has 1 N–H and O–H groups in total. The van der Waals surface area contributed by atoms with Crippen LogP contribution in [-0.4, -0.2) is 11.3 Å². The van der Waals surface area contributed by atoms with Crippen molar-refractivity contribution in [2.45, 2.75) is 33.2 Å². The maximum atomic E-state index is 12.4. The van der Waals surface area contributed by atoms with Crippen molar-refractivity contribution >= 4 is 17.0 Å². The van der Waals surface area contributed by atoms with Crippen molar-refractivity contribution in [3.8, 4) is 5.75 Å². The lowest BCUT2D eigenvalue weighted by Gasteiger charge is -2.18. The average Bonchev–Trinajstić information content (AvgIpc) is 2.69. The summed E-state index contributed by atoms with van der Waals surface area (Å²) < 4.78 is 41.2. The van der Waals surface area contributed by atoms with Crippen LogP contribution in [0.4, 0.5) is 18.9 Å². The van der Waals surface area contributed by atoms with Gasteiger partial charge in [-0.15, -0.1) is 24.5 Å². The molecule has 1 unspecified atom stereocenters. The Kier molecular flexibility index (Phi) is 4.41. The quantitative estimate of drug-likeness (QED) is 0.877. The molecule has 0 radical (unpaired) electrons.